The van der Waals surface area contributed by atoms with E-state index in [0.29, 0.717) is 18.7 Å². The molecule has 2 heterocycles. The molecule has 22 heavy (non-hydrogen) atoms. The Morgan fingerprint density at radius 1 is 1.14 bits per heavy atom. The zero-order valence-electron chi connectivity index (χ0n) is 12.2. The van der Waals surface area contributed by atoms with Crippen LogP contribution in [0.15, 0.2) is 48.9 Å². The van der Waals surface area contributed by atoms with Gasteiger partial charge in [-0.2, -0.15) is 20.1 Å². The van der Waals surface area contributed by atoms with Crippen LogP contribution in [0.1, 0.15) is 16.1 Å². The Labute approximate surface area is 127 Å². The first-order chi connectivity index (χ1) is 10.8. The van der Waals surface area contributed by atoms with E-state index in [0.717, 1.165) is 11.4 Å². The van der Waals surface area contributed by atoms with E-state index in [1.54, 1.807) is 23.3 Å². The van der Waals surface area contributed by atoms with E-state index in [4.69, 9.17) is 0 Å². The van der Waals surface area contributed by atoms with Crippen molar-refractivity contribution >= 4 is 5.91 Å². The van der Waals surface area contributed by atoms with Crippen molar-refractivity contribution in [2.75, 3.05) is 6.54 Å². The van der Waals surface area contributed by atoms with Crippen LogP contribution in [0.4, 0.5) is 0 Å². The monoisotopic (exact) mass is 296 g/mol. The summed E-state index contributed by atoms with van der Waals surface area (Å²) in [6.45, 7) is 2.87. The van der Waals surface area contributed by atoms with E-state index in [1.165, 1.54) is 4.80 Å². The minimum absolute atomic E-state index is 0.146. The van der Waals surface area contributed by atoms with Gasteiger partial charge in [-0.15, -0.1) is 0 Å². The van der Waals surface area contributed by atoms with E-state index >= 15 is 0 Å². The van der Waals surface area contributed by atoms with Crippen molar-refractivity contribution < 1.29 is 4.79 Å². The molecule has 1 aromatic carbocycles. The van der Waals surface area contributed by atoms with Crippen molar-refractivity contribution in [1.82, 2.24) is 30.1 Å². The molecule has 1 N–H and O–H groups in total. The third-order valence-electron chi connectivity index (χ3n) is 3.32. The molecule has 0 radical (unpaired) electrons. The minimum Gasteiger partial charge on any atom is -0.350 e. The molecule has 0 saturated heterocycles. The number of benzene rings is 1. The van der Waals surface area contributed by atoms with Crippen LogP contribution in [-0.2, 0) is 6.54 Å². The molecule has 3 aromatic rings. The second-order valence-corrected chi connectivity index (χ2v) is 4.77. The first-order valence-electron chi connectivity index (χ1n) is 6.98. The maximum atomic E-state index is 12.2. The van der Waals surface area contributed by atoms with Gasteiger partial charge in [0, 0.05) is 6.54 Å². The summed E-state index contributed by atoms with van der Waals surface area (Å²) in [5.41, 5.74) is 2.30. The number of carbonyl (C=O) groups excluding carboxylic acids is 1. The second-order valence-electron chi connectivity index (χ2n) is 4.77. The fraction of sp³-hybridized carbons (Fsp3) is 0.200. The van der Waals surface area contributed by atoms with E-state index in [-0.39, 0.29) is 5.91 Å². The van der Waals surface area contributed by atoms with Gasteiger partial charge in [0.2, 0.25) is 0 Å². The predicted molar refractivity (Wildman–Crippen MR) is 80.7 cm³/mol. The molecule has 0 atom stereocenters. The van der Waals surface area contributed by atoms with Gasteiger partial charge in [0.25, 0.3) is 5.91 Å². The summed E-state index contributed by atoms with van der Waals surface area (Å²) in [6.07, 6.45) is 4.80. The number of carbonyl (C=O) groups is 1. The van der Waals surface area contributed by atoms with Crippen LogP contribution in [0.2, 0.25) is 0 Å². The number of amides is 1. The zero-order valence-corrected chi connectivity index (χ0v) is 12.2. The molecule has 7 nitrogen and oxygen atoms in total. The molecule has 7 heteroatoms. The molecule has 0 aliphatic carbocycles. The standard InChI is InChI=1S/C15H16N6O/c1-12-14(11-19-21(12)13-5-3-2-4-6-13)15(22)16-9-10-20-17-7-8-18-20/h2-8,11H,9-10H2,1H3,(H,16,22). The number of nitrogens with zero attached hydrogens (tertiary/aromatic N) is 5. The van der Waals surface area contributed by atoms with Crippen LogP contribution in [0.25, 0.3) is 5.69 Å². The smallest absolute Gasteiger partial charge is 0.254 e. The van der Waals surface area contributed by atoms with Crippen molar-refractivity contribution in [3.8, 4) is 5.69 Å². The summed E-state index contributed by atoms with van der Waals surface area (Å²) in [5.74, 6) is -0.146. The number of hydrogen-bond donors (Lipinski definition) is 1. The van der Waals surface area contributed by atoms with Crippen molar-refractivity contribution in [2.24, 2.45) is 0 Å². The van der Waals surface area contributed by atoms with Gasteiger partial charge in [-0.25, -0.2) is 4.68 Å². The van der Waals surface area contributed by atoms with E-state index in [2.05, 4.69) is 20.6 Å². The van der Waals surface area contributed by atoms with Crippen molar-refractivity contribution in [3.05, 3.63) is 60.2 Å². The zero-order chi connectivity index (χ0) is 15.4. The van der Waals surface area contributed by atoms with Gasteiger partial charge in [-0.3, -0.25) is 4.79 Å². The first-order valence-corrected chi connectivity index (χ1v) is 6.98. The Hall–Kier alpha value is -2.96. The van der Waals surface area contributed by atoms with Crippen molar-refractivity contribution in [1.29, 1.82) is 0 Å². The van der Waals surface area contributed by atoms with Crippen LogP contribution in [-0.4, -0.2) is 37.2 Å². The average molecular weight is 296 g/mol. The third kappa shape index (κ3) is 2.88. The van der Waals surface area contributed by atoms with Crippen LogP contribution >= 0.6 is 0 Å². The van der Waals surface area contributed by atoms with Crippen LogP contribution in [0, 0.1) is 6.92 Å². The molecular weight excluding hydrogens is 280 g/mol. The SMILES string of the molecule is Cc1c(C(=O)NCCn2nccn2)cnn1-c1ccccc1. The van der Waals surface area contributed by atoms with E-state index in [1.807, 2.05) is 37.3 Å². The fourth-order valence-electron chi connectivity index (χ4n) is 2.19. The molecule has 0 saturated carbocycles. The number of aromatic nitrogens is 5. The molecule has 3 rings (SSSR count). The largest absolute Gasteiger partial charge is 0.350 e. The summed E-state index contributed by atoms with van der Waals surface area (Å²) < 4.78 is 1.75. The van der Waals surface area contributed by atoms with Gasteiger partial charge < -0.3 is 5.32 Å². The molecular formula is C15H16N6O. The minimum atomic E-state index is -0.146. The Morgan fingerprint density at radius 3 is 2.59 bits per heavy atom. The third-order valence-corrected chi connectivity index (χ3v) is 3.32. The molecule has 0 spiro atoms. The molecule has 2 aromatic heterocycles. The van der Waals surface area contributed by atoms with Crippen LogP contribution < -0.4 is 5.32 Å². The van der Waals surface area contributed by atoms with E-state index < -0.39 is 0 Å². The van der Waals surface area contributed by atoms with Crippen molar-refractivity contribution in [3.63, 3.8) is 0 Å². The summed E-state index contributed by atoms with van der Waals surface area (Å²) >= 11 is 0. The van der Waals surface area contributed by atoms with Crippen LogP contribution in [0.3, 0.4) is 0 Å². The Morgan fingerprint density at radius 2 is 1.86 bits per heavy atom. The van der Waals surface area contributed by atoms with Gasteiger partial charge in [0.05, 0.1) is 42.1 Å². The summed E-state index contributed by atoms with van der Waals surface area (Å²) in [6, 6.07) is 9.72. The highest BCUT2D eigenvalue weighted by Crippen LogP contribution is 2.13. The molecule has 0 aliphatic rings. The maximum absolute atomic E-state index is 12.2. The maximum Gasteiger partial charge on any atom is 0.254 e. The summed E-state index contributed by atoms with van der Waals surface area (Å²) in [7, 11) is 0. The first kappa shape index (κ1) is 14.0. The summed E-state index contributed by atoms with van der Waals surface area (Å²) in [5, 5.41) is 15.1. The molecule has 0 unspecified atom stereocenters. The quantitative estimate of drug-likeness (QED) is 0.767. The Kier molecular flexibility index (Phi) is 3.95. The number of hydrogen-bond acceptors (Lipinski definition) is 4. The predicted octanol–water partition coefficient (Wildman–Crippen LogP) is 1.20. The molecule has 0 bridgehead atoms. The van der Waals surface area contributed by atoms with Gasteiger partial charge >= 0.3 is 0 Å². The number of para-hydroxylation sites is 1. The summed E-state index contributed by atoms with van der Waals surface area (Å²) in [4.78, 5) is 13.8. The highest BCUT2D eigenvalue weighted by molar-refractivity contribution is 5.95. The molecule has 0 fully saturated rings. The lowest BCUT2D eigenvalue weighted by Gasteiger charge is -2.06. The molecule has 0 aliphatic heterocycles. The Bertz CT molecular complexity index is 748. The van der Waals surface area contributed by atoms with Crippen LogP contribution in [0.5, 0.6) is 0 Å². The number of nitrogens with one attached hydrogen (secondary N) is 1. The Balaban J connectivity index is 1.67. The van der Waals surface area contributed by atoms with Gasteiger partial charge in [0.1, 0.15) is 0 Å². The van der Waals surface area contributed by atoms with E-state index in [9.17, 15) is 4.79 Å². The molecule has 112 valence electrons. The lowest BCUT2D eigenvalue weighted by Crippen LogP contribution is -2.28. The average Bonchev–Trinajstić information content (AvgIpc) is 3.18. The fourth-order valence-corrected chi connectivity index (χ4v) is 2.19. The lowest BCUT2D eigenvalue weighted by molar-refractivity contribution is 0.0951. The van der Waals surface area contributed by atoms with Gasteiger partial charge in [0.15, 0.2) is 0 Å². The van der Waals surface area contributed by atoms with Gasteiger partial charge in [-0.1, -0.05) is 18.2 Å². The highest BCUT2D eigenvalue weighted by atomic mass is 16.1. The molecule has 1 amide bonds. The normalized spacial score (nSPS) is 10.6. The van der Waals surface area contributed by atoms with Crippen molar-refractivity contribution in [2.45, 2.75) is 13.5 Å². The lowest BCUT2D eigenvalue weighted by atomic mass is 10.2. The topological polar surface area (TPSA) is 77.6 Å². The highest BCUT2D eigenvalue weighted by Gasteiger charge is 2.14. The van der Waals surface area contributed by atoms with Gasteiger partial charge in [-0.05, 0) is 19.1 Å². The second kappa shape index (κ2) is 6.21. The number of rotatable bonds is 5.